The molecule has 6 nitrogen and oxygen atoms in total. The molecular weight excluding hydrogens is 619 g/mol. The van der Waals surface area contributed by atoms with E-state index in [1.54, 1.807) is 0 Å². The van der Waals surface area contributed by atoms with Gasteiger partial charge in [-0.1, -0.05) is 54.6 Å². The molecule has 50 heavy (non-hydrogen) atoms. The average molecular weight is 666 g/mol. The standard InChI is InChI=1S/C44H47N3O3/c1-8-45(9-2)31-25-26-37(40(27-31)49-12-5)44(36-22-16-13-19-32(36)43(48)50-44)28-35(41-29(6)46(10-3)38-23-17-14-20-33(38)41)42-30(7)47(11-4)39-24-18-15-21-34(39)42/h13-28H,8-12H2,1-7H3. The van der Waals surface area contributed by atoms with Crippen molar-refractivity contribution >= 4 is 39.0 Å². The van der Waals surface area contributed by atoms with Crippen LogP contribution >= 0.6 is 0 Å². The molecule has 4 aromatic carbocycles. The fourth-order valence-electron chi connectivity index (χ4n) is 8.33. The highest BCUT2D eigenvalue weighted by Crippen LogP contribution is 2.51. The number of hydrogen-bond acceptors (Lipinski definition) is 4. The normalized spacial score (nSPS) is 15.4. The van der Waals surface area contributed by atoms with Crippen LogP contribution in [0.4, 0.5) is 5.69 Å². The molecule has 0 bridgehead atoms. The summed E-state index contributed by atoms with van der Waals surface area (Å²) in [5, 5.41) is 2.33. The summed E-state index contributed by atoms with van der Waals surface area (Å²) in [4.78, 5) is 16.3. The van der Waals surface area contributed by atoms with E-state index < -0.39 is 5.60 Å². The number of carbonyl (C=O) groups excluding carboxylic acids is 1. The first kappa shape index (κ1) is 33.3. The molecule has 0 saturated heterocycles. The van der Waals surface area contributed by atoms with Gasteiger partial charge in [-0.15, -0.1) is 0 Å². The van der Waals surface area contributed by atoms with Crippen LogP contribution in [0.5, 0.6) is 5.75 Å². The number of benzene rings is 4. The lowest BCUT2D eigenvalue weighted by Gasteiger charge is -2.31. The zero-order valence-electron chi connectivity index (χ0n) is 30.3. The van der Waals surface area contributed by atoms with Crippen LogP contribution in [0.15, 0.2) is 97.1 Å². The molecule has 2 aromatic heterocycles. The Morgan fingerprint density at radius 2 is 1.30 bits per heavy atom. The van der Waals surface area contributed by atoms with Gasteiger partial charge in [-0.25, -0.2) is 4.79 Å². The number of esters is 1. The van der Waals surface area contributed by atoms with Crippen molar-refractivity contribution in [3.8, 4) is 5.75 Å². The number of rotatable bonds is 11. The van der Waals surface area contributed by atoms with E-state index in [9.17, 15) is 4.79 Å². The van der Waals surface area contributed by atoms with Gasteiger partial charge in [0.2, 0.25) is 0 Å². The highest BCUT2D eigenvalue weighted by Gasteiger charge is 2.48. The largest absolute Gasteiger partial charge is 0.493 e. The van der Waals surface area contributed by atoms with E-state index in [1.165, 1.54) is 33.2 Å². The third-order valence-corrected chi connectivity index (χ3v) is 10.6. The zero-order valence-corrected chi connectivity index (χ0v) is 30.3. The number of fused-ring (bicyclic) bond motifs is 3. The Kier molecular flexibility index (Phi) is 8.81. The summed E-state index contributed by atoms with van der Waals surface area (Å²) in [6.07, 6.45) is 2.23. The minimum absolute atomic E-state index is 0.341. The summed E-state index contributed by atoms with van der Waals surface area (Å²) in [5.74, 6) is 0.365. The number of nitrogens with zero attached hydrogens (tertiary/aromatic N) is 3. The van der Waals surface area contributed by atoms with Gasteiger partial charge < -0.3 is 23.5 Å². The van der Waals surface area contributed by atoms with Crippen molar-refractivity contribution in [2.24, 2.45) is 0 Å². The Labute approximate surface area is 295 Å². The fraction of sp³-hybridized carbons (Fsp3) is 0.295. The van der Waals surface area contributed by atoms with E-state index in [0.29, 0.717) is 17.9 Å². The summed E-state index contributed by atoms with van der Waals surface area (Å²) in [5.41, 5.74) is 10.0. The van der Waals surface area contributed by atoms with Crippen molar-refractivity contribution in [3.63, 3.8) is 0 Å². The lowest BCUT2D eigenvalue weighted by molar-refractivity contribution is 0.0269. The fourth-order valence-corrected chi connectivity index (χ4v) is 8.33. The third-order valence-electron chi connectivity index (χ3n) is 10.6. The minimum atomic E-state index is -1.26. The molecule has 6 heteroatoms. The van der Waals surface area contributed by atoms with Crippen LogP contribution < -0.4 is 9.64 Å². The minimum Gasteiger partial charge on any atom is -0.493 e. The van der Waals surface area contributed by atoms with Gasteiger partial charge >= 0.3 is 5.97 Å². The third kappa shape index (κ3) is 5.03. The smallest absolute Gasteiger partial charge is 0.340 e. The van der Waals surface area contributed by atoms with Crippen molar-refractivity contribution in [1.82, 2.24) is 9.13 Å². The number of cyclic esters (lactones) is 1. The van der Waals surface area contributed by atoms with E-state index in [0.717, 1.165) is 59.7 Å². The number of anilines is 1. The van der Waals surface area contributed by atoms with Crippen LogP contribution in [-0.4, -0.2) is 34.8 Å². The quantitative estimate of drug-likeness (QED) is 0.129. The first-order chi connectivity index (χ1) is 24.3. The van der Waals surface area contributed by atoms with Crippen LogP contribution in [0.25, 0.3) is 27.4 Å². The number of carbonyl (C=O) groups is 1. The maximum absolute atomic E-state index is 14.0. The van der Waals surface area contributed by atoms with Crippen molar-refractivity contribution in [1.29, 1.82) is 0 Å². The Morgan fingerprint density at radius 3 is 1.86 bits per heavy atom. The first-order valence-electron chi connectivity index (χ1n) is 18.1. The van der Waals surface area contributed by atoms with Gasteiger partial charge in [-0.3, -0.25) is 0 Å². The predicted molar refractivity (Wildman–Crippen MR) is 206 cm³/mol. The van der Waals surface area contributed by atoms with Crippen LogP contribution in [-0.2, 0) is 23.4 Å². The van der Waals surface area contributed by atoms with Gasteiger partial charge in [0.1, 0.15) is 5.75 Å². The molecule has 0 spiro atoms. The highest BCUT2D eigenvalue weighted by molar-refractivity contribution is 6.07. The van der Waals surface area contributed by atoms with Crippen LogP contribution in [0.2, 0.25) is 0 Å². The van der Waals surface area contributed by atoms with Gasteiger partial charge in [0, 0.05) is 93.4 Å². The lowest BCUT2D eigenvalue weighted by atomic mass is 9.80. The van der Waals surface area contributed by atoms with Gasteiger partial charge in [0.15, 0.2) is 5.60 Å². The number of para-hydroxylation sites is 2. The van der Waals surface area contributed by atoms with Crippen molar-refractivity contribution in [2.75, 3.05) is 24.6 Å². The Balaban J connectivity index is 1.66. The molecule has 0 fully saturated rings. The van der Waals surface area contributed by atoms with Crippen LogP contribution in [0, 0.1) is 13.8 Å². The van der Waals surface area contributed by atoms with Crippen molar-refractivity contribution in [3.05, 3.63) is 136 Å². The summed E-state index contributed by atoms with van der Waals surface area (Å²) in [6.45, 7) is 19.0. The van der Waals surface area contributed by atoms with E-state index in [-0.39, 0.29) is 5.97 Å². The molecule has 1 aliphatic rings. The van der Waals surface area contributed by atoms with E-state index in [2.05, 4.69) is 128 Å². The molecule has 1 aliphatic heterocycles. The van der Waals surface area contributed by atoms with Gasteiger partial charge in [0.05, 0.1) is 12.2 Å². The second-order valence-corrected chi connectivity index (χ2v) is 13.0. The summed E-state index contributed by atoms with van der Waals surface area (Å²) < 4.78 is 18.0. The van der Waals surface area contributed by atoms with Gasteiger partial charge in [-0.05, 0) is 90.4 Å². The summed E-state index contributed by atoms with van der Waals surface area (Å²) in [7, 11) is 0. The molecule has 0 saturated carbocycles. The Bertz CT molecular complexity index is 2180. The number of aryl methyl sites for hydroxylation is 2. The molecule has 6 aromatic rings. The highest BCUT2D eigenvalue weighted by atomic mass is 16.6. The second kappa shape index (κ2) is 13.2. The zero-order chi connectivity index (χ0) is 35.2. The molecule has 1 unspecified atom stereocenters. The van der Waals surface area contributed by atoms with E-state index in [4.69, 9.17) is 9.47 Å². The second-order valence-electron chi connectivity index (χ2n) is 13.0. The van der Waals surface area contributed by atoms with Crippen LogP contribution in [0.1, 0.15) is 78.6 Å². The number of ether oxygens (including phenoxy) is 2. The summed E-state index contributed by atoms with van der Waals surface area (Å²) >= 11 is 0. The summed E-state index contributed by atoms with van der Waals surface area (Å²) in [6, 6.07) is 31.5. The predicted octanol–water partition coefficient (Wildman–Crippen LogP) is 10.0. The van der Waals surface area contributed by atoms with E-state index in [1.807, 2.05) is 31.2 Å². The first-order valence-corrected chi connectivity index (χ1v) is 18.1. The Hall–Kier alpha value is -5.23. The lowest BCUT2D eigenvalue weighted by Crippen LogP contribution is -2.28. The van der Waals surface area contributed by atoms with Crippen molar-refractivity contribution in [2.45, 2.75) is 67.2 Å². The monoisotopic (exact) mass is 665 g/mol. The number of aromatic nitrogens is 2. The van der Waals surface area contributed by atoms with Crippen molar-refractivity contribution < 1.29 is 14.3 Å². The molecule has 0 N–H and O–H groups in total. The molecule has 1 atom stereocenters. The topological polar surface area (TPSA) is 48.6 Å². The molecule has 0 amide bonds. The van der Waals surface area contributed by atoms with Crippen LogP contribution in [0.3, 0.4) is 0 Å². The maximum atomic E-state index is 14.0. The van der Waals surface area contributed by atoms with E-state index >= 15 is 0 Å². The molecule has 0 aliphatic carbocycles. The molecule has 3 heterocycles. The molecular formula is C44H47N3O3. The Morgan fingerprint density at radius 1 is 0.740 bits per heavy atom. The van der Waals surface area contributed by atoms with Gasteiger partial charge in [-0.2, -0.15) is 0 Å². The SMILES string of the molecule is CCOc1cc(N(CC)CC)ccc1C1(C=C(c2c(C)n(CC)c3ccccc23)c2c(C)n(CC)c3ccccc23)OC(=O)c2ccccc21. The van der Waals surface area contributed by atoms with Gasteiger partial charge in [0.25, 0.3) is 0 Å². The number of hydrogen-bond donors (Lipinski definition) is 0. The maximum Gasteiger partial charge on any atom is 0.340 e. The molecule has 0 radical (unpaired) electrons. The molecule has 256 valence electrons. The molecule has 7 rings (SSSR count). The average Bonchev–Trinajstić information content (AvgIpc) is 3.71.